The molecule has 1 N–H and O–H groups in total. The number of halogens is 3. The van der Waals surface area contributed by atoms with Gasteiger partial charge in [-0.05, 0) is 30.7 Å². The molecule has 23 heavy (non-hydrogen) atoms. The van der Waals surface area contributed by atoms with Crippen LogP contribution >= 0.6 is 11.8 Å². The highest BCUT2D eigenvalue weighted by Crippen LogP contribution is 2.25. The van der Waals surface area contributed by atoms with Crippen LogP contribution < -0.4 is 10.1 Å². The number of rotatable bonds is 5. The van der Waals surface area contributed by atoms with Crippen LogP contribution in [0, 0.1) is 0 Å². The quantitative estimate of drug-likeness (QED) is 0.863. The van der Waals surface area contributed by atoms with E-state index in [9.17, 15) is 26.4 Å². The van der Waals surface area contributed by atoms with Gasteiger partial charge in [0.15, 0.2) is 9.84 Å². The fourth-order valence-electron chi connectivity index (χ4n) is 2.02. The van der Waals surface area contributed by atoms with Crippen molar-refractivity contribution in [2.24, 2.45) is 0 Å². The van der Waals surface area contributed by atoms with E-state index in [1.54, 1.807) is 0 Å². The van der Waals surface area contributed by atoms with Crippen molar-refractivity contribution in [2.45, 2.75) is 18.0 Å². The van der Waals surface area contributed by atoms with E-state index in [2.05, 4.69) is 10.1 Å². The van der Waals surface area contributed by atoms with Crippen molar-refractivity contribution in [3.8, 4) is 5.75 Å². The van der Waals surface area contributed by atoms with Crippen LogP contribution in [0.25, 0.3) is 0 Å². The summed E-state index contributed by atoms with van der Waals surface area (Å²) in [6, 6.07) is 4.78. The third kappa shape index (κ3) is 6.30. The van der Waals surface area contributed by atoms with E-state index in [4.69, 9.17) is 0 Å². The Morgan fingerprint density at radius 1 is 1.30 bits per heavy atom. The van der Waals surface area contributed by atoms with Gasteiger partial charge in [0.05, 0.1) is 17.3 Å². The summed E-state index contributed by atoms with van der Waals surface area (Å²) in [4.78, 5) is 11.8. The highest BCUT2D eigenvalue weighted by Gasteiger charge is 2.31. The molecule has 0 spiro atoms. The molecule has 1 aliphatic rings. The molecular formula is C13H14F3NO4S2. The average Bonchev–Trinajstić information content (AvgIpc) is 2.77. The maximum atomic E-state index is 12.0. The van der Waals surface area contributed by atoms with E-state index >= 15 is 0 Å². The average molecular weight is 369 g/mol. The van der Waals surface area contributed by atoms with Crippen molar-refractivity contribution < 1.29 is 31.1 Å². The normalized spacial score (nSPS) is 20.2. The van der Waals surface area contributed by atoms with E-state index in [1.165, 1.54) is 23.9 Å². The number of carbonyl (C=O) groups is 1. The lowest BCUT2D eigenvalue weighted by Gasteiger charge is -2.10. The van der Waals surface area contributed by atoms with Gasteiger partial charge in [-0.2, -0.15) is 0 Å². The van der Waals surface area contributed by atoms with E-state index in [0.29, 0.717) is 12.1 Å². The van der Waals surface area contributed by atoms with Crippen LogP contribution in [0.2, 0.25) is 0 Å². The van der Waals surface area contributed by atoms with Crippen LogP contribution in [-0.2, 0) is 14.6 Å². The molecule has 1 aromatic rings. The lowest BCUT2D eigenvalue weighted by molar-refractivity contribution is -0.274. The van der Waals surface area contributed by atoms with Crippen molar-refractivity contribution in [3.63, 3.8) is 0 Å². The van der Waals surface area contributed by atoms with Crippen molar-refractivity contribution >= 4 is 33.2 Å². The molecule has 1 aliphatic heterocycles. The predicted octanol–water partition coefficient (Wildman–Crippen LogP) is 2.44. The molecule has 2 rings (SSSR count). The summed E-state index contributed by atoms with van der Waals surface area (Å²) in [7, 11) is -2.98. The van der Waals surface area contributed by atoms with Gasteiger partial charge in [-0.25, -0.2) is 8.42 Å². The number of anilines is 1. The topological polar surface area (TPSA) is 72.5 Å². The van der Waals surface area contributed by atoms with Gasteiger partial charge in [0, 0.05) is 10.9 Å². The minimum atomic E-state index is -4.76. The van der Waals surface area contributed by atoms with Crippen LogP contribution in [0.15, 0.2) is 24.3 Å². The Labute approximate surface area is 135 Å². The van der Waals surface area contributed by atoms with Gasteiger partial charge in [-0.1, -0.05) is 0 Å². The molecule has 0 aromatic heterocycles. The molecule has 0 bridgehead atoms. The molecule has 1 atom stereocenters. The molecule has 0 aliphatic carbocycles. The maximum absolute atomic E-state index is 12.0. The summed E-state index contributed by atoms with van der Waals surface area (Å²) < 4.78 is 62.4. The second kappa shape index (κ2) is 7.00. The number of alkyl halides is 3. The number of hydrogen-bond donors (Lipinski definition) is 1. The largest absolute Gasteiger partial charge is 0.573 e. The summed E-state index contributed by atoms with van der Waals surface area (Å²) in [5.74, 6) is -0.410. The van der Waals surface area contributed by atoms with Crippen LogP contribution in [0.5, 0.6) is 5.75 Å². The van der Waals surface area contributed by atoms with Crippen molar-refractivity contribution in [2.75, 3.05) is 22.6 Å². The van der Waals surface area contributed by atoms with Gasteiger partial charge in [-0.3, -0.25) is 4.79 Å². The first-order chi connectivity index (χ1) is 10.6. The highest BCUT2D eigenvalue weighted by molar-refractivity contribution is 8.02. The molecule has 1 heterocycles. The van der Waals surface area contributed by atoms with Crippen molar-refractivity contribution in [1.82, 2.24) is 0 Å². The molecule has 1 saturated heterocycles. The highest BCUT2D eigenvalue weighted by atomic mass is 32.2. The zero-order chi connectivity index (χ0) is 17.1. The number of carbonyl (C=O) groups excluding carboxylic acids is 1. The summed E-state index contributed by atoms with van der Waals surface area (Å²) in [6.45, 7) is 0. The van der Waals surface area contributed by atoms with Gasteiger partial charge in [0.1, 0.15) is 5.75 Å². The van der Waals surface area contributed by atoms with Gasteiger partial charge < -0.3 is 10.1 Å². The number of benzene rings is 1. The summed E-state index contributed by atoms with van der Waals surface area (Å²) in [5, 5.41) is 2.44. The third-order valence-electron chi connectivity index (χ3n) is 3.01. The Morgan fingerprint density at radius 3 is 2.48 bits per heavy atom. The molecule has 128 valence electrons. The molecule has 0 unspecified atom stereocenters. The summed E-state index contributed by atoms with van der Waals surface area (Å²) in [6.07, 6.45) is -4.23. The van der Waals surface area contributed by atoms with Gasteiger partial charge in [-0.15, -0.1) is 24.9 Å². The zero-order valence-electron chi connectivity index (χ0n) is 11.8. The Kier molecular flexibility index (Phi) is 5.45. The molecular weight excluding hydrogens is 355 g/mol. The standard InChI is InChI=1S/C13H14F3NO4S2/c14-13(15,16)21-10-3-1-9(2-4-10)17-12(18)7-22-11-5-6-23(19,20)8-11/h1-4,11H,5-8H2,(H,17,18)/t11-/m1/s1. The van der Waals surface area contributed by atoms with Crippen LogP contribution in [-0.4, -0.2) is 43.2 Å². The fourth-order valence-corrected chi connectivity index (χ4v) is 5.47. The maximum Gasteiger partial charge on any atom is 0.573 e. The van der Waals surface area contributed by atoms with Crippen molar-refractivity contribution in [1.29, 1.82) is 0 Å². The first kappa shape index (κ1) is 17.9. The minimum absolute atomic E-state index is 0.0778. The Balaban J connectivity index is 1.79. The third-order valence-corrected chi connectivity index (χ3v) is 6.29. The minimum Gasteiger partial charge on any atom is -0.406 e. The van der Waals surface area contributed by atoms with Gasteiger partial charge in [0.25, 0.3) is 0 Å². The predicted molar refractivity (Wildman–Crippen MR) is 81.3 cm³/mol. The van der Waals surface area contributed by atoms with Crippen molar-refractivity contribution in [3.05, 3.63) is 24.3 Å². The number of hydrogen-bond acceptors (Lipinski definition) is 5. The lowest BCUT2D eigenvalue weighted by atomic mass is 10.3. The van der Waals surface area contributed by atoms with E-state index < -0.39 is 16.2 Å². The van der Waals surface area contributed by atoms with Gasteiger partial charge in [0.2, 0.25) is 5.91 Å². The molecule has 1 aromatic carbocycles. The molecule has 0 saturated carbocycles. The zero-order valence-corrected chi connectivity index (χ0v) is 13.4. The first-order valence-corrected chi connectivity index (χ1v) is 9.48. The van der Waals surface area contributed by atoms with E-state index in [0.717, 1.165) is 12.1 Å². The Morgan fingerprint density at radius 2 is 1.96 bits per heavy atom. The molecule has 0 radical (unpaired) electrons. The number of ether oxygens (including phenoxy) is 1. The fraction of sp³-hybridized carbons (Fsp3) is 0.462. The second-order valence-corrected chi connectivity index (χ2v) is 8.47. The molecule has 5 nitrogen and oxygen atoms in total. The summed E-state index contributed by atoms with van der Waals surface area (Å²) >= 11 is 1.26. The van der Waals surface area contributed by atoms with E-state index in [1.807, 2.05) is 0 Å². The monoisotopic (exact) mass is 369 g/mol. The first-order valence-electron chi connectivity index (χ1n) is 6.61. The molecule has 1 amide bonds. The van der Waals surface area contributed by atoms with Crippen LogP contribution in [0.4, 0.5) is 18.9 Å². The SMILES string of the molecule is O=C(CS[C@@H]1CCS(=O)(=O)C1)Nc1ccc(OC(F)(F)F)cc1. The van der Waals surface area contributed by atoms with Crippen LogP contribution in [0.3, 0.4) is 0 Å². The number of sulfone groups is 1. The van der Waals surface area contributed by atoms with E-state index in [-0.39, 0.29) is 34.2 Å². The number of amides is 1. The Hall–Kier alpha value is -1.42. The molecule has 1 fully saturated rings. The Bertz CT molecular complexity index is 659. The molecule has 10 heteroatoms. The second-order valence-electron chi connectivity index (χ2n) is 4.96. The van der Waals surface area contributed by atoms with Crippen LogP contribution in [0.1, 0.15) is 6.42 Å². The smallest absolute Gasteiger partial charge is 0.406 e. The number of thioether (sulfide) groups is 1. The van der Waals surface area contributed by atoms with Gasteiger partial charge >= 0.3 is 6.36 Å². The lowest BCUT2D eigenvalue weighted by Crippen LogP contribution is -2.18. The summed E-state index contributed by atoms with van der Waals surface area (Å²) in [5.41, 5.74) is 0.337. The number of nitrogens with one attached hydrogen (secondary N) is 1.